The monoisotopic (exact) mass is 387 g/mol. The number of hydrogen-bond donors (Lipinski definition) is 2. The zero-order valence-electron chi connectivity index (χ0n) is 15.3. The fourth-order valence-corrected chi connectivity index (χ4v) is 4.34. The molecule has 0 aliphatic carbocycles. The van der Waals surface area contributed by atoms with Crippen LogP contribution in [0, 0.1) is 5.92 Å². The Morgan fingerprint density at radius 1 is 1.07 bits per heavy atom. The highest BCUT2D eigenvalue weighted by molar-refractivity contribution is 7.91. The van der Waals surface area contributed by atoms with Crippen molar-refractivity contribution in [2.75, 3.05) is 34.8 Å². The van der Waals surface area contributed by atoms with E-state index in [4.69, 9.17) is 5.73 Å². The topological polar surface area (TPSA) is 92.5 Å². The van der Waals surface area contributed by atoms with Gasteiger partial charge in [0.2, 0.25) is 5.91 Å². The molecule has 2 atom stereocenters. The van der Waals surface area contributed by atoms with E-state index in [1.54, 1.807) is 0 Å². The van der Waals surface area contributed by atoms with Crippen LogP contribution in [0.4, 0.5) is 11.4 Å². The molecule has 1 fully saturated rings. The fraction of sp³-hybridized carbons (Fsp3) is 0.350. The minimum absolute atomic E-state index is 0.148. The predicted octanol–water partition coefficient (Wildman–Crippen LogP) is 2.20. The molecule has 7 heteroatoms. The van der Waals surface area contributed by atoms with Gasteiger partial charge >= 0.3 is 0 Å². The van der Waals surface area contributed by atoms with Crippen LogP contribution in [-0.2, 0) is 14.6 Å². The molecule has 1 saturated heterocycles. The van der Waals surface area contributed by atoms with Crippen molar-refractivity contribution in [3.63, 3.8) is 0 Å². The number of nitrogens with one attached hydrogen (secondary N) is 1. The van der Waals surface area contributed by atoms with E-state index in [1.807, 2.05) is 66.4 Å². The molecule has 3 rings (SSSR count). The van der Waals surface area contributed by atoms with Crippen LogP contribution in [0.5, 0.6) is 0 Å². The zero-order valence-corrected chi connectivity index (χ0v) is 16.2. The molecule has 0 aromatic heterocycles. The lowest BCUT2D eigenvalue weighted by atomic mass is 9.94. The minimum Gasteiger partial charge on any atom is -0.369 e. The molecule has 0 radical (unpaired) electrons. The molecule has 0 bridgehead atoms. The Balaban J connectivity index is 1.66. The summed E-state index contributed by atoms with van der Waals surface area (Å²) in [6, 6.07) is 16.6. The Hall–Kier alpha value is -2.38. The first-order chi connectivity index (χ1) is 12.9. The van der Waals surface area contributed by atoms with Crippen molar-refractivity contribution < 1.29 is 13.2 Å². The van der Waals surface area contributed by atoms with E-state index in [1.165, 1.54) is 0 Å². The van der Waals surface area contributed by atoms with Gasteiger partial charge in [0.05, 0.1) is 17.4 Å². The van der Waals surface area contributed by atoms with Gasteiger partial charge in [0.25, 0.3) is 0 Å². The summed E-state index contributed by atoms with van der Waals surface area (Å²) in [6.45, 7) is 2.75. The smallest absolute Gasteiger partial charge is 0.229 e. The summed E-state index contributed by atoms with van der Waals surface area (Å²) in [5, 5.41) is 2.92. The fourth-order valence-electron chi connectivity index (χ4n) is 3.13. The maximum atomic E-state index is 12.6. The second-order valence-corrected chi connectivity index (χ2v) is 9.21. The van der Waals surface area contributed by atoms with Gasteiger partial charge in [0.15, 0.2) is 9.84 Å². The molecule has 2 aromatic carbocycles. The second kappa shape index (κ2) is 8.10. The van der Waals surface area contributed by atoms with Gasteiger partial charge in [0.1, 0.15) is 0 Å². The summed E-state index contributed by atoms with van der Waals surface area (Å²) >= 11 is 0. The van der Waals surface area contributed by atoms with Crippen molar-refractivity contribution in [2.45, 2.75) is 13.0 Å². The van der Waals surface area contributed by atoms with E-state index in [9.17, 15) is 13.2 Å². The van der Waals surface area contributed by atoms with Crippen LogP contribution in [-0.4, -0.2) is 38.9 Å². The second-order valence-electron chi connectivity index (χ2n) is 6.90. The van der Waals surface area contributed by atoms with E-state index in [-0.39, 0.29) is 23.5 Å². The van der Waals surface area contributed by atoms with Gasteiger partial charge in [0, 0.05) is 30.5 Å². The molecule has 0 saturated carbocycles. The lowest BCUT2D eigenvalue weighted by molar-refractivity contribution is -0.120. The van der Waals surface area contributed by atoms with Crippen LogP contribution in [0.15, 0.2) is 54.6 Å². The van der Waals surface area contributed by atoms with Gasteiger partial charge in [-0.1, -0.05) is 43.3 Å². The number of anilines is 2. The Morgan fingerprint density at radius 3 is 2.41 bits per heavy atom. The van der Waals surface area contributed by atoms with Gasteiger partial charge in [-0.25, -0.2) is 8.42 Å². The minimum atomic E-state index is -2.93. The molecule has 144 valence electrons. The third-order valence-electron chi connectivity index (χ3n) is 4.96. The third kappa shape index (κ3) is 4.87. The van der Waals surface area contributed by atoms with E-state index in [0.29, 0.717) is 18.8 Å². The molecule has 0 spiro atoms. The van der Waals surface area contributed by atoms with Crippen LogP contribution >= 0.6 is 0 Å². The number of nitrogens with two attached hydrogens (primary N) is 1. The van der Waals surface area contributed by atoms with Crippen LogP contribution in [0.2, 0.25) is 0 Å². The summed E-state index contributed by atoms with van der Waals surface area (Å²) in [6.07, 6.45) is 0. The highest BCUT2D eigenvalue weighted by Crippen LogP contribution is 2.24. The first-order valence-electron chi connectivity index (χ1n) is 9.02. The van der Waals surface area contributed by atoms with Gasteiger partial charge in [-0.15, -0.1) is 0 Å². The number of sulfone groups is 1. The molecule has 1 amide bonds. The molecule has 2 unspecified atom stereocenters. The zero-order chi connectivity index (χ0) is 19.4. The van der Waals surface area contributed by atoms with Gasteiger partial charge < -0.3 is 16.0 Å². The number of rotatable bonds is 5. The molecular formula is C20H25N3O3S. The molecular weight excluding hydrogens is 362 g/mol. The molecule has 27 heavy (non-hydrogen) atoms. The van der Waals surface area contributed by atoms with Crippen molar-refractivity contribution in [1.29, 1.82) is 0 Å². The van der Waals surface area contributed by atoms with Gasteiger partial charge in [-0.3, -0.25) is 4.79 Å². The quantitative estimate of drug-likeness (QED) is 0.820. The maximum Gasteiger partial charge on any atom is 0.229 e. The number of nitrogens with zero attached hydrogens (tertiary/aromatic N) is 1. The first kappa shape index (κ1) is 19.4. The molecule has 6 nitrogen and oxygen atoms in total. The molecule has 3 N–H and O–H groups in total. The summed E-state index contributed by atoms with van der Waals surface area (Å²) in [5.41, 5.74) is 8.74. The normalized spacial score (nSPS) is 18.5. The molecule has 2 aromatic rings. The lowest BCUT2D eigenvalue weighted by Gasteiger charge is -2.29. The highest BCUT2D eigenvalue weighted by Gasteiger charge is 2.24. The van der Waals surface area contributed by atoms with Crippen LogP contribution < -0.4 is 16.0 Å². The standard InChI is InChI=1S/C20H25N3O3S/c1-15(19(21)16-6-3-2-4-7-16)20(24)22-17-8-5-9-18(14-17)23-10-12-27(25,26)13-11-23/h2-9,14-15,19H,10-13,21H2,1H3,(H,22,24). The summed E-state index contributed by atoms with van der Waals surface area (Å²) in [7, 11) is -2.93. The number of benzene rings is 2. The van der Waals surface area contributed by atoms with E-state index < -0.39 is 15.8 Å². The molecule has 1 aliphatic heterocycles. The van der Waals surface area contributed by atoms with Crippen LogP contribution in [0.1, 0.15) is 18.5 Å². The Kier molecular flexibility index (Phi) is 5.82. The average Bonchev–Trinajstić information content (AvgIpc) is 2.67. The number of carbonyl (C=O) groups excluding carboxylic acids is 1. The lowest BCUT2D eigenvalue weighted by Crippen LogP contribution is -2.40. The van der Waals surface area contributed by atoms with Crippen molar-refractivity contribution in [3.05, 3.63) is 60.2 Å². The summed E-state index contributed by atoms with van der Waals surface area (Å²) in [4.78, 5) is 14.6. The number of hydrogen-bond acceptors (Lipinski definition) is 5. The van der Waals surface area contributed by atoms with Crippen molar-refractivity contribution in [2.24, 2.45) is 11.7 Å². The highest BCUT2D eigenvalue weighted by atomic mass is 32.2. The van der Waals surface area contributed by atoms with Crippen LogP contribution in [0.3, 0.4) is 0 Å². The predicted molar refractivity (Wildman–Crippen MR) is 108 cm³/mol. The SMILES string of the molecule is CC(C(=O)Nc1cccc(N2CCS(=O)(=O)CC2)c1)C(N)c1ccccc1. The van der Waals surface area contributed by atoms with E-state index >= 15 is 0 Å². The van der Waals surface area contributed by atoms with Gasteiger partial charge in [-0.05, 0) is 23.8 Å². The summed E-state index contributed by atoms with van der Waals surface area (Å²) in [5.74, 6) is -0.222. The molecule has 1 aliphatic rings. The number of amides is 1. The maximum absolute atomic E-state index is 12.6. The number of carbonyl (C=O) groups is 1. The Bertz CT molecular complexity index is 886. The summed E-state index contributed by atoms with van der Waals surface area (Å²) < 4.78 is 23.2. The van der Waals surface area contributed by atoms with Gasteiger partial charge in [-0.2, -0.15) is 0 Å². The van der Waals surface area contributed by atoms with E-state index in [2.05, 4.69) is 5.32 Å². The molecule has 1 heterocycles. The largest absolute Gasteiger partial charge is 0.369 e. The first-order valence-corrected chi connectivity index (χ1v) is 10.8. The van der Waals surface area contributed by atoms with E-state index in [0.717, 1.165) is 11.3 Å². The van der Waals surface area contributed by atoms with Crippen molar-refractivity contribution >= 4 is 27.1 Å². The average molecular weight is 388 g/mol. The third-order valence-corrected chi connectivity index (χ3v) is 6.57. The van der Waals surface area contributed by atoms with Crippen LogP contribution in [0.25, 0.3) is 0 Å². The Labute approximate surface area is 160 Å². The van der Waals surface area contributed by atoms with Crippen molar-refractivity contribution in [3.8, 4) is 0 Å². The van der Waals surface area contributed by atoms with Crippen molar-refractivity contribution in [1.82, 2.24) is 0 Å². The Morgan fingerprint density at radius 2 is 1.74 bits per heavy atom.